The number of rotatable bonds is 5. The lowest BCUT2D eigenvalue weighted by Crippen LogP contribution is -2.14. The summed E-state index contributed by atoms with van der Waals surface area (Å²) in [5, 5.41) is 10.9. The summed E-state index contributed by atoms with van der Waals surface area (Å²) >= 11 is 0. The van der Waals surface area contributed by atoms with Gasteiger partial charge in [-0.3, -0.25) is 4.79 Å². The Morgan fingerprint density at radius 1 is 1.44 bits per heavy atom. The van der Waals surface area contributed by atoms with Gasteiger partial charge in [0.25, 0.3) is 5.56 Å². The van der Waals surface area contributed by atoms with Gasteiger partial charge in [-0.05, 0) is 6.92 Å². The first-order chi connectivity index (χ1) is 8.72. The summed E-state index contributed by atoms with van der Waals surface area (Å²) in [7, 11) is 0. The minimum Gasteiger partial charge on any atom is -0.363 e. The van der Waals surface area contributed by atoms with Crippen molar-refractivity contribution in [2.45, 2.75) is 33.4 Å². The Balaban J connectivity index is 2.10. The summed E-state index contributed by atoms with van der Waals surface area (Å²) < 4.78 is 1.93. The van der Waals surface area contributed by atoms with E-state index in [1.807, 2.05) is 18.4 Å². The zero-order valence-corrected chi connectivity index (χ0v) is 10.5. The zero-order valence-electron chi connectivity index (χ0n) is 10.5. The predicted octanol–water partition coefficient (Wildman–Crippen LogP) is 0.556. The van der Waals surface area contributed by atoms with Gasteiger partial charge in [-0.2, -0.15) is 0 Å². The van der Waals surface area contributed by atoms with E-state index in [1.165, 1.54) is 6.07 Å². The molecule has 0 aliphatic rings. The highest BCUT2D eigenvalue weighted by Gasteiger charge is 2.04. The van der Waals surface area contributed by atoms with Crippen molar-refractivity contribution in [2.75, 3.05) is 5.32 Å². The van der Waals surface area contributed by atoms with E-state index in [4.69, 9.17) is 0 Å². The van der Waals surface area contributed by atoms with Gasteiger partial charge >= 0.3 is 0 Å². The van der Waals surface area contributed by atoms with E-state index in [0.29, 0.717) is 24.6 Å². The van der Waals surface area contributed by atoms with Crippen LogP contribution in [-0.2, 0) is 19.5 Å². The Hall–Kier alpha value is -2.18. The molecular formula is C11H16N6O. The Labute approximate surface area is 104 Å². The molecule has 2 aromatic rings. The molecule has 2 N–H and O–H groups in total. The second kappa shape index (κ2) is 5.44. The van der Waals surface area contributed by atoms with Crippen molar-refractivity contribution in [3.63, 3.8) is 0 Å². The molecule has 0 aliphatic carbocycles. The highest BCUT2D eigenvalue weighted by atomic mass is 16.1. The summed E-state index contributed by atoms with van der Waals surface area (Å²) in [4.78, 5) is 18.3. The van der Waals surface area contributed by atoms with Gasteiger partial charge in [0.2, 0.25) is 0 Å². The van der Waals surface area contributed by atoms with Crippen LogP contribution in [0.4, 0.5) is 5.82 Å². The first-order valence-corrected chi connectivity index (χ1v) is 5.93. The van der Waals surface area contributed by atoms with Gasteiger partial charge in [-0.25, -0.2) is 4.98 Å². The normalized spacial score (nSPS) is 10.6. The minimum absolute atomic E-state index is 0.152. The predicted molar refractivity (Wildman–Crippen MR) is 67.3 cm³/mol. The van der Waals surface area contributed by atoms with Crippen LogP contribution in [0, 0.1) is 0 Å². The quantitative estimate of drug-likeness (QED) is 0.807. The SMILES string of the molecule is CCc1nc(NCc2nncn2CC)cc(=O)[nH]1. The van der Waals surface area contributed by atoms with Crippen LogP contribution in [0.3, 0.4) is 0 Å². The van der Waals surface area contributed by atoms with Crippen molar-refractivity contribution in [2.24, 2.45) is 0 Å². The summed E-state index contributed by atoms with van der Waals surface area (Å²) in [5.74, 6) is 2.04. The molecule has 0 unspecified atom stereocenters. The Morgan fingerprint density at radius 2 is 2.28 bits per heavy atom. The Bertz CT molecular complexity index is 573. The molecule has 0 aliphatic heterocycles. The molecule has 0 atom stereocenters. The van der Waals surface area contributed by atoms with Crippen LogP contribution in [-0.4, -0.2) is 24.7 Å². The molecule has 2 rings (SSSR count). The summed E-state index contributed by atoms with van der Waals surface area (Å²) in [5.41, 5.74) is -0.152. The molecule has 96 valence electrons. The molecule has 2 heterocycles. The highest BCUT2D eigenvalue weighted by molar-refractivity contribution is 5.33. The van der Waals surface area contributed by atoms with E-state index in [2.05, 4.69) is 25.5 Å². The van der Waals surface area contributed by atoms with Crippen LogP contribution in [0.1, 0.15) is 25.5 Å². The first-order valence-electron chi connectivity index (χ1n) is 5.93. The third kappa shape index (κ3) is 2.73. The van der Waals surface area contributed by atoms with Crippen LogP contribution in [0.25, 0.3) is 0 Å². The fourth-order valence-electron chi connectivity index (χ4n) is 1.62. The number of nitrogens with one attached hydrogen (secondary N) is 2. The van der Waals surface area contributed by atoms with E-state index < -0.39 is 0 Å². The molecule has 2 aromatic heterocycles. The highest BCUT2D eigenvalue weighted by Crippen LogP contribution is 2.03. The first kappa shape index (κ1) is 12.3. The average Bonchev–Trinajstić information content (AvgIpc) is 2.83. The Kier molecular flexibility index (Phi) is 3.71. The number of nitrogens with zero attached hydrogens (tertiary/aromatic N) is 4. The smallest absolute Gasteiger partial charge is 0.252 e. The maximum atomic E-state index is 11.4. The number of hydrogen-bond acceptors (Lipinski definition) is 5. The van der Waals surface area contributed by atoms with Crippen molar-refractivity contribution in [1.29, 1.82) is 0 Å². The number of aryl methyl sites for hydroxylation is 2. The van der Waals surface area contributed by atoms with E-state index in [0.717, 1.165) is 12.4 Å². The number of aromatic nitrogens is 5. The minimum atomic E-state index is -0.152. The van der Waals surface area contributed by atoms with Gasteiger partial charge in [0, 0.05) is 19.0 Å². The van der Waals surface area contributed by atoms with Gasteiger partial charge in [-0.15, -0.1) is 10.2 Å². The van der Waals surface area contributed by atoms with E-state index in [1.54, 1.807) is 6.33 Å². The molecule has 0 bridgehead atoms. The van der Waals surface area contributed by atoms with Crippen molar-refractivity contribution in [3.05, 3.63) is 34.4 Å². The molecule has 0 saturated heterocycles. The second-order valence-corrected chi connectivity index (χ2v) is 3.82. The third-order valence-electron chi connectivity index (χ3n) is 2.59. The van der Waals surface area contributed by atoms with Crippen LogP contribution in [0.5, 0.6) is 0 Å². The fourth-order valence-corrected chi connectivity index (χ4v) is 1.62. The summed E-state index contributed by atoms with van der Waals surface area (Å²) in [6, 6.07) is 1.44. The second-order valence-electron chi connectivity index (χ2n) is 3.82. The van der Waals surface area contributed by atoms with Crippen molar-refractivity contribution in [3.8, 4) is 0 Å². The van der Waals surface area contributed by atoms with Gasteiger partial charge in [0.15, 0.2) is 5.82 Å². The largest absolute Gasteiger partial charge is 0.363 e. The van der Waals surface area contributed by atoms with Gasteiger partial charge in [0.1, 0.15) is 18.0 Å². The lowest BCUT2D eigenvalue weighted by molar-refractivity contribution is 0.706. The van der Waals surface area contributed by atoms with Gasteiger partial charge in [-0.1, -0.05) is 6.92 Å². The standard InChI is InChI=1S/C11H16N6O/c1-3-8-14-9(5-11(18)15-8)12-6-10-16-13-7-17(10)4-2/h5,7H,3-4,6H2,1-2H3,(H2,12,14,15,18). The monoisotopic (exact) mass is 248 g/mol. The van der Waals surface area contributed by atoms with Gasteiger partial charge < -0.3 is 14.9 Å². The molecule has 0 aromatic carbocycles. The molecule has 0 saturated carbocycles. The number of aromatic amines is 1. The van der Waals surface area contributed by atoms with Crippen LogP contribution in [0.15, 0.2) is 17.2 Å². The molecule has 18 heavy (non-hydrogen) atoms. The van der Waals surface area contributed by atoms with E-state index in [-0.39, 0.29) is 5.56 Å². The fraction of sp³-hybridized carbons (Fsp3) is 0.455. The topological polar surface area (TPSA) is 88.5 Å². The maximum absolute atomic E-state index is 11.4. The van der Waals surface area contributed by atoms with Gasteiger partial charge in [0.05, 0.1) is 6.54 Å². The summed E-state index contributed by atoms with van der Waals surface area (Å²) in [6.45, 7) is 5.27. The zero-order chi connectivity index (χ0) is 13.0. The Morgan fingerprint density at radius 3 is 3.00 bits per heavy atom. The van der Waals surface area contributed by atoms with E-state index in [9.17, 15) is 4.79 Å². The third-order valence-corrected chi connectivity index (χ3v) is 2.59. The number of anilines is 1. The molecule has 0 spiro atoms. The molecule has 0 amide bonds. The molecule has 7 nitrogen and oxygen atoms in total. The van der Waals surface area contributed by atoms with Crippen LogP contribution < -0.4 is 10.9 Å². The number of H-pyrrole nitrogens is 1. The average molecular weight is 248 g/mol. The molecular weight excluding hydrogens is 232 g/mol. The molecule has 0 fully saturated rings. The lowest BCUT2D eigenvalue weighted by atomic mass is 10.4. The van der Waals surface area contributed by atoms with Crippen molar-refractivity contribution in [1.82, 2.24) is 24.7 Å². The van der Waals surface area contributed by atoms with E-state index >= 15 is 0 Å². The number of hydrogen-bond donors (Lipinski definition) is 2. The van der Waals surface area contributed by atoms with Crippen molar-refractivity contribution >= 4 is 5.82 Å². The van der Waals surface area contributed by atoms with Crippen LogP contribution in [0.2, 0.25) is 0 Å². The summed E-state index contributed by atoms with van der Waals surface area (Å²) in [6.07, 6.45) is 2.37. The van der Waals surface area contributed by atoms with Crippen LogP contribution >= 0.6 is 0 Å². The maximum Gasteiger partial charge on any atom is 0.252 e. The van der Waals surface area contributed by atoms with Crippen molar-refractivity contribution < 1.29 is 0 Å². The molecule has 0 radical (unpaired) electrons. The lowest BCUT2D eigenvalue weighted by Gasteiger charge is -2.06. The molecule has 7 heteroatoms.